The number of anilines is 1. The molecular formula is C17H16FN3O4. The van der Waals surface area contributed by atoms with Crippen LogP contribution in [0.1, 0.15) is 39.4 Å². The number of benzene rings is 1. The Bertz CT molecular complexity index is 1030. The topological polar surface area (TPSA) is 98.1 Å². The number of halogens is 1. The number of amides is 1. The van der Waals surface area contributed by atoms with Gasteiger partial charge in [-0.05, 0) is 19.4 Å². The Kier molecular flexibility index (Phi) is 3.87. The van der Waals surface area contributed by atoms with Crippen LogP contribution in [0.5, 0.6) is 0 Å². The number of aromatic nitrogens is 2. The molecule has 0 aliphatic heterocycles. The molecule has 1 atom stereocenters. The summed E-state index contributed by atoms with van der Waals surface area (Å²) in [5.41, 5.74) is -0.814. The van der Waals surface area contributed by atoms with Gasteiger partial charge in [-0.1, -0.05) is 0 Å². The lowest BCUT2D eigenvalue weighted by atomic mass is 9.92. The SMILES string of the molecule is [2H]C1(n2c(C)nc3cc(F)cc(NC(C)=O)c3c2=O)CCC(=O)CC1=O. The minimum atomic E-state index is -1.96. The van der Waals surface area contributed by atoms with Crippen LogP contribution in [0.2, 0.25) is 0 Å². The molecule has 0 spiro atoms. The van der Waals surface area contributed by atoms with Crippen LogP contribution in [-0.4, -0.2) is 27.0 Å². The first-order valence-electron chi connectivity index (χ1n) is 8.19. The molecule has 7 nitrogen and oxygen atoms in total. The Morgan fingerprint density at radius 1 is 1.40 bits per heavy atom. The predicted molar refractivity (Wildman–Crippen MR) is 87.9 cm³/mol. The van der Waals surface area contributed by atoms with E-state index < -0.39 is 35.5 Å². The second kappa shape index (κ2) is 6.19. The molecule has 3 rings (SSSR count). The molecule has 1 amide bonds. The van der Waals surface area contributed by atoms with E-state index in [9.17, 15) is 23.6 Å². The van der Waals surface area contributed by atoms with Crippen LogP contribution < -0.4 is 10.9 Å². The summed E-state index contributed by atoms with van der Waals surface area (Å²) in [4.78, 5) is 52.5. The summed E-state index contributed by atoms with van der Waals surface area (Å²) in [7, 11) is 0. The fourth-order valence-corrected chi connectivity index (χ4v) is 3.00. The second-order valence-electron chi connectivity index (χ2n) is 5.91. The first-order valence-corrected chi connectivity index (χ1v) is 7.69. The van der Waals surface area contributed by atoms with Gasteiger partial charge in [0.1, 0.15) is 17.4 Å². The third-order valence-electron chi connectivity index (χ3n) is 4.01. The van der Waals surface area contributed by atoms with Gasteiger partial charge in [-0.15, -0.1) is 0 Å². The van der Waals surface area contributed by atoms with Crippen molar-refractivity contribution in [1.29, 1.82) is 0 Å². The Morgan fingerprint density at radius 2 is 2.12 bits per heavy atom. The van der Waals surface area contributed by atoms with Crippen LogP contribution in [0.3, 0.4) is 0 Å². The average Bonchev–Trinajstić information content (AvgIpc) is 2.50. The zero-order valence-corrected chi connectivity index (χ0v) is 13.7. The predicted octanol–water partition coefficient (Wildman–Crippen LogP) is 1.67. The molecule has 1 saturated carbocycles. The van der Waals surface area contributed by atoms with Gasteiger partial charge in [0.05, 0.1) is 30.4 Å². The van der Waals surface area contributed by atoms with Crippen molar-refractivity contribution in [2.24, 2.45) is 0 Å². The number of carbonyl (C=O) groups is 3. The van der Waals surface area contributed by atoms with E-state index in [1.165, 1.54) is 13.8 Å². The van der Waals surface area contributed by atoms with Crippen molar-refractivity contribution in [1.82, 2.24) is 9.55 Å². The molecule has 1 aromatic carbocycles. The van der Waals surface area contributed by atoms with Gasteiger partial charge in [0.25, 0.3) is 5.56 Å². The molecule has 25 heavy (non-hydrogen) atoms. The van der Waals surface area contributed by atoms with E-state index in [0.717, 1.165) is 16.7 Å². The summed E-state index contributed by atoms with van der Waals surface area (Å²) in [5.74, 6) is -2.12. The number of nitrogens with one attached hydrogen (secondary N) is 1. The molecule has 1 N–H and O–H groups in total. The van der Waals surface area contributed by atoms with Gasteiger partial charge < -0.3 is 5.32 Å². The van der Waals surface area contributed by atoms with Crippen LogP contribution in [0.25, 0.3) is 10.9 Å². The van der Waals surface area contributed by atoms with Crippen molar-refractivity contribution in [3.05, 3.63) is 34.1 Å². The highest BCUT2D eigenvalue weighted by molar-refractivity contribution is 6.03. The molecule has 8 heteroatoms. The smallest absolute Gasteiger partial charge is 0.264 e. The van der Waals surface area contributed by atoms with Crippen LogP contribution >= 0.6 is 0 Å². The molecule has 2 aromatic rings. The molecule has 0 bridgehead atoms. The zero-order chi connectivity index (χ0) is 19.2. The van der Waals surface area contributed by atoms with Gasteiger partial charge in [-0.25, -0.2) is 9.37 Å². The van der Waals surface area contributed by atoms with Crippen molar-refractivity contribution in [3.63, 3.8) is 0 Å². The maximum atomic E-state index is 13.8. The van der Waals surface area contributed by atoms with E-state index in [1.54, 1.807) is 0 Å². The van der Waals surface area contributed by atoms with E-state index in [4.69, 9.17) is 1.37 Å². The summed E-state index contributed by atoms with van der Waals surface area (Å²) in [6.07, 6.45) is -0.564. The maximum absolute atomic E-state index is 13.8. The van der Waals surface area contributed by atoms with E-state index in [-0.39, 0.29) is 41.0 Å². The molecule has 0 saturated heterocycles. The van der Waals surface area contributed by atoms with Crippen LogP contribution in [0.15, 0.2) is 16.9 Å². The zero-order valence-electron chi connectivity index (χ0n) is 14.7. The lowest BCUT2D eigenvalue weighted by Gasteiger charge is -2.24. The number of ketones is 2. The Morgan fingerprint density at radius 3 is 2.76 bits per heavy atom. The summed E-state index contributed by atoms with van der Waals surface area (Å²) in [5, 5.41) is 2.28. The van der Waals surface area contributed by atoms with Crippen LogP contribution in [0.4, 0.5) is 10.1 Å². The van der Waals surface area contributed by atoms with Crippen molar-refractivity contribution in [2.45, 2.75) is 39.1 Å². The van der Waals surface area contributed by atoms with E-state index in [0.29, 0.717) is 0 Å². The van der Waals surface area contributed by atoms with Crippen molar-refractivity contribution in [2.75, 3.05) is 5.32 Å². The molecule has 1 aliphatic rings. The highest BCUT2D eigenvalue weighted by Crippen LogP contribution is 2.26. The van der Waals surface area contributed by atoms with Gasteiger partial charge in [0, 0.05) is 19.4 Å². The average molecular weight is 346 g/mol. The molecule has 1 unspecified atom stereocenters. The molecule has 1 aliphatic carbocycles. The minimum absolute atomic E-state index is 0.00112. The van der Waals surface area contributed by atoms with Crippen molar-refractivity contribution >= 4 is 34.1 Å². The van der Waals surface area contributed by atoms with Gasteiger partial charge in [-0.2, -0.15) is 0 Å². The Balaban J connectivity index is 2.33. The van der Waals surface area contributed by atoms with E-state index >= 15 is 0 Å². The fraction of sp³-hybridized carbons (Fsp3) is 0.353. The van der Waals surface area contributed by atoms with Crippen molar-refractivity contribution < 1.29 is 20.1 Å². The lowest BCUT2D eigenvalue weighted by Crippen LogP contribution is -2.36. The third-order valence-corrected chi connectivity index (χ3v) is 4.01. The van der Waals surface area contributed by atoms with E-state index in [2.05, 4.69) is 10.3 Å². The molecule has 0 radical (unpaired) electrons. The lowest BCUT2D eigenvalue weighted by molar-refractivity contribution is -0.132. The summed E-state index contributed by atoms with van der Waals surface area (Å²) >= 11 is 0. The molecule has 1 heterocycles. The van der Waals surface area contributed by atoms with Gasteiger partial charge in [0.2, 0.25) is 5.91 Å². The Labute approximate surface area is 143 Å². The largest absolute Gasteiger partial charge is 0.325 e. The number of rotatable bonds is 2. The van der Waals surface area contributed by atoms with Gasteiger partial charge >= 0.3 is 0 Å². The number of carbonyl (C=O) groups excluding carboxylic acids is 3. The molecule has 130 valence electrons. The summed E-state index contributed by atoms with van der Waals surface area (Å²) in [6, 6.07) is 0.0652. The first kappa shape index (κ1) is 15.6. The number of fused-ring (bicyclic) bond motifs is 1. The highest BCUT2D eigenvalue weighted by Gasteiger charge is 2.31. The second-order valence-corrected chi connectivity index (χ2v) is 5.91. The fourth-order valence-electron chi connectivity index (χ4n) is 3.00. The summed E-state index contributed by atoms with van der Waals surface area (Å²) < 4.78 is 23.3. The van der Waals surface area contributed by atoms with Crippen LogP contribution in [-0.2, 0) is 14.4 Å². The Hall–Kier alpha value is -2.90. The summed E-state index contributed by atoms with van der Waals surface area (Å²) in [6.45, 7) is 2.64. The van der Waals surface area contributed by atoms with E-state index in [1.807, 2.05) is 0 Å². The monoisotopic (exact) mass is 346 g/mol. The normalized spacial score (nSPS) is 21.3. The maximum Gasteiger partial charge on any atom is 0.264 e. The molecule has 1 aromatic heterocycles. The number of aryl methyl sites for hydroxylation is 1. The molecule has 1 fully saturated rings. The third kappa shape index (κ3) is 3.07. The van der Waals surface area contributed by atoms with Crippen LogP contribution in [0, 0.1) is 12.7 Å². The van der Waals surface area contributed by atoms with Gasteiger partial charge in [-0.3, -0.25) is 23.7 Å². The van der Waals surface area contributed by atoms with Gasteiger partial charge in [0.15, 0.2) is 5.78 Å². The van der Waals surface area contributed by atoms with Crippen molar-refractivity contribution in [3.8, 4) is 0 Å². The number of hydrogen-bond donors (Lipinski definition) is 1. The quantitative estimate of drug-likeness (QED) is 0.834. The highest BCUT2D eigenvalue weighted by atomic mass is 19.1. The minimum Gasteiger partial charge on any atom is -0.325 e. The number of nitrogens with zero attached hydrogens (tertiary/aromatic N) is 2. The standard InChI is InChI=1S/C17H16FN3O4/c1-8-19-12-5-10(18)6-13(20-9(2)22)16(12)17(25)21(8)14-4-3-11(23)7-15(14)24/h5-6,14H,3-4,7H2,1-2H3,(H,20,22)/i14D. The number of Topliss-reactive ketones (excluding diaryl/α,β-unsaturated/α-hetero) is 2. The number of hydrogen-bond acceptors (Lipinski definition) is 5. The first-order chi connectivity index (χ1) is 12.1. The molecular weight excluding hydrogens is 329 g/mol.